The zero-order chi connectivity index (χ0) is 22.9. The normalized spacial score (nSPS) is 20.2. The number of carbonyl (C=O) groups excluding carboxylic acids is 1. The highest BCUT2D eigenvalue weighted by atomic mass is 32.2. The Balaban J connectivity index is 1.49. The molecule has 1 unspecified atom stereocenters. The molecule has 0 bridgehead atoms. The summed E-state index contributed by atoms with van der Waals surface area (Å²) in [5.74, 6) is 0.788. The molecule has 2 aromatic rings. The van der Waals surface area contributed by atoms with Gasteiger partial charge < -0.3 is 10.2 Å². The number of amides is 1. The van der Waals surface area contributed by atoms with Gasteiger partial charge in [-0.15, -0.1) is 5.10 Å². The lowest BCUT2D eigenvalue weighted by atomic mass is 10.2. The minimum Gasteiger partial charge on any atom is -0.351 e. The quantitative estimate of drug-likeness (QED) is 0.603. The number of hydrogen-bond acceptors (Lipinski definition) is 7. The topological polar surface area (TPSA) is 92.5 Å². The van der Waals surface area contributed by atoms with Gasteiger partial charge in [-0.1, -0.05) is 17.7 Å². The van der Waals surface area contributed by atoms with Crippen molar-refractivity contribution in [2.24, 2.45) is 0 Å². The first-order chi connectivity index (χ1) is 15.2. The van der Waals surface area contributed by atoms with E-state index in [-0.39, 0.29) is 30.0 Å². The molecule has 4 rings (SSSR count). The largest absolute Gasteiger partial charge is 0.351 e. The van der Waals surface area contributed by atoms with Gasteiger partial charge in [0.15, 0.2) is 9.84 Å². The number of sulfone groups is 1. The summed E-state index contributed by atoms with van der Waals surface area (Å²) in [4.78, 5) is 16.5. The second-order valence-electron chi connectivity index (χ2n) is 8.77. The maximum Gasteiger partial charge on any atom is 0.234 e. The fourth-order valence-corrected chi connectivity index (χ4v) is 6.20. The van der Waals surface area contributed by atoms with Crippen molar-refractivity contribution in [2.45, 2.75) is 38.9 Å². The molecule has 3 heterocycles. The molecule has 0 spiro atoms. The first-order valence-electron chi connectivity index (χ1n) is 10.9. The van der Waals surface area contributed by atoms with Crippen LogP contribution in [0.25, 0.3) is 5.69 Å². The molecule has 1 N–H and O–H groups in total. The minimum absolute atomic E-state index is 0.0215. The number of nitrogens with one attached hydrogen (secondary N) is 1. The number of nitrogens with zero attached hydrogens (tertiary/aromatic N) is 5. The van der Waals surface area contributed by atoms with Crippen molar-refractivity contribution in [3.8, 4) is 5.69 Å². The van der Waals surface area contributed by atoms with Crippen molar-refractivity contribution in [3.05, 3.63) is 34.6 Å². The zero-order valence-corrected chi connectivity index (χ0v) is 20.2. The number of carbonyl (C=O) groups is 1. The summed E-state index contributed by atoms with van der Waals surface area (Å²) >= 11 is 5.78. The molecule has 1 amide bonds. The number of hydrogen-bond donors (Lipinski definition) is 1. The van der Waals surface area contributed by atoms with Gasteiger partial charge in [0.05, 0.1) is 30.4 Å². The molecule has 2 fully saturated rings. The second kappa shape index (κ2) is 9.32. The smallest absolute Gasteiger partial charge is 0.234 e. The van der Waals surface area contributed by atoms with Crippen LogP contribution in [0.1, 0.15) is 24.8 Å². The molecule has 11 heteroatoms. The lowest BCUT2D eigenvalue weighted by Gasteiger charge is -2.18. The second-order valence-corrected chi connectivity index (χ2v) is 11.4. The van der Waals surface area contributed by atoms with Crippen molar-refractivity contribution in [1.82, 2.24) is 24.6 Å². The van der Waals surface area contributed by atoms with Crippen molar-refractivity contribution >= 4 is 33.9 Å². The van der Waals surface area contributed by atoms with Gasteiger partial charge in [-0.05, 0) is 57.6 Å². The Morgan fingerprint density at radius 2 is 1.94 bits per heavy atom. The summed E-state index contributed by atoms with van der Waals surface area (Å²) in [5, 5.41) is 7.64. The molecule has 2 aliphatic heterocycles. The molecule has 1 aromatic carbocycles. The van der Waals surface area contributed by atoms with E-state index in [0.29, 0.717) is 17.9 Å². The van der Waals surface area contributed by atoms with E-state index in [9.17, 15) is 13.2 Å². The van der Waals surface area contributed by atoms with Crippen LogP contribution in [0.2, 0.25) is 0 Å². The lowest BCUT2D eigenvalue weighted by molar-refractivity contribution is -0.122. The number of likely N-dealkylation sites (N-methyl/N-ethyl adjacent to an activating group) is 1. The number of aromatic nitrogens is 3. The summed E-state index contributed by atoms with van der Waals surface area (Å²) in [6.45, 7) is 4.43. The van der Waals surface area contributed by atoms with E-state index in [1.54, 1.807) is 4.68 Å². The van der Waals surface area contributed by atoms with Crippen molar-refractivity contribution in [3.63, 3.8) is 0 Å². The summed E-state index contributed by atoms with van der Waals surface area (Å²) in [6.07, 6.45) is 2.73. The van der Waals surface area contributed by atoms with Gasteiger partial charge in [0, 0.05) is 19.1 Å². The van der Waals surface area contributed by atoms with E-state index in [0.717, 1.165) is 37.6 Å². The summed E-state index contributed by atoms with van der Waals surface area (Å²) in [6, 6.07) is 7.90. The predicted molar refractivity (Wildman–Crippen MR) is 126 cm³/mol. The summed E-state index contributed by atoms with van der Waals surface area (Å²) in [7, 11) is -1.20. The van der Waals surface area contributed by atoms with Crippen molar-refractivity contribution in [1.29, 1.82) is 0 Å². The van der Waals surface area contributed by atoms with E-state index in [1.165, 1.54) is 5.56 Å². The highest BCUT2D eigenvalue weighted by Gasteiger charge is 2.29. The van der Waals surface area contributed by atoms with Crippen LogP contribution in [0, 0.1) is 11.7 Å². The minimum atomic E-state index is -3.03. The van der Waals surface area contributed by atoms with Crippen LogP contribution in [0.3, 0.4) is 0 Å². The van der Waals surface area contributed by atoms with E-state index in [4.69, 9.17) is 17.3 Å². The Labute approximate surface area is 193 Å². The van der Waals surface area contributed by atoms with Crippen LogP contribution in [0.4, 0.5) is 5.95 Å². The number of benzene rings is 1. The fraction of sp³-hybridized carbons (Fsp3) is 0.571. The van der Waals surface area contributed by atoms with Gasteiger partial charge in [0.25, 0.3) is 0 Å². The SMILES string of the molecule is Cc1ccc(-n2c(N3CCCC3)nn(CN(C)CC(=O)NC3CCS(=O)(=O)C3)c2=S)cc1. The number of aryl methyl sites for hydroxylation is 1. The zero-order valence-electron chi connectivity index (χ0n) is 18.5. The maximum absolute atomic E-state index is 12.4. The molecule has 9 nitrogen and oxygen atoms in total. The predicted octanol–water partition coefficient (Wildman–Crippen LogP) is 1.50. The fourth-order valence-electron chi connectivity index (χ4n) is 4.24. The molecule has 2 aliphatic rings. The molecular formula is C21H30N6O3S2. The van der Waals surface area contributed by atoms with Crippen molar-refractivity contribution in [2.75, 3.05) is 43.1 Å². The highest BCUT2D eigenvalue weighted by molar-refractivity contribution is 7.91. The Bertz CT molecular complexity index is 1130. The third-order valence-electron chi connectivity index (χ3n) is 5.89. The Morgan fingerprint density at radius 3 is 2.56 bits per heavy atom. The van der Waals surface area contributed by atoms with E-state index in [1.807, 2.05) is 28.6 Å². The van der Waals surface area contributed by atoms with Crippen LogP contribution < -0.4 is 10.2 Å². The average Bonchev–Trinajstić information content (AvgIpc) is 3.43. The lowest BCUT2D eigenvalue weighted by Crippen LogP contribution is -2.42. The first kappa shape index (κ1) is 22.9. The molecule has 1 atom stereocenters. The van der Waals surface area contributed by atoms with Crippen LogP contribution in [0.5, 0.6) is 0 Å². The Morgan fingerprint density at radius 1 is 1.25 bits per heavy atom. The summed E-state index contributed by atoms with van der Waals surface area (Å²) in [5.41, 5.74) is 2.15. The van der Waals surface area contributed by atoms with Gasteiger partial charge in [0.1, 0.15) is 0 Å². The van der Waals surface area contributed by atoms with Crippen LogP contribution in [0.15, 0.2) is 24.3 Å². The highest BCUT2D eigenvalue weighted by Crippen LogP contribution is 2.24. The molecule has 0 aliphatic carbocycles. The van der Waals surface area contributed by atoms with Gasteiger partial charge in [0.2, 0.25) is 16.6 Å². The third-order valence-corrected chi connectivity index (χ3v) is 8.05. The standard InChI is InChI=1S/C21H30N6O3S2/c1-16-5-7-18(8-6-16)27-20(25-10-3-4-11-25)23-26(21(27)31)15-24(2)13-19(28)22-17-9-12-32(29,30)14-17/h5-8,17H,3-4,9-15H2,1-2H3,(H,22,28). The molecule has 2 saturated heterocycles. The molecule has 0 radical (unpaired) electrons. The number of anilines is 1. The van der Waals surface area contributed by atoms with E-state index >= 15 is 0 Å². The molecule has 32 heavy (non-hydrogen) atoms. The van der Waals surface area contributed by atoms with E-state index in [2.05, 4.69) is 29.3 Å². The van der Waals surface area contributed by atoms with Crippen LogP contribution in [-0.4, -0.2) is 77.8 Å². The molecule has 0 saturated carbocycles. The van der Waals surface area contributed by atoms with Gasteiger partial charge in [-0.3, -0.25) is 14.3 Å². The third kappa shape index (κ3) is 5.21. The molecule has 1 aromatic heterocycles. The molecular weight excluding hydrogens is 448 g/mol. The van der Waals surface area contributed by atoms with Crippen LogP contribution in [-0.2, 0) is 21.3 Å². The average molecular weight is 479 g/mol. The van der Waals surface area contributed by atoms with Crippen LogP contribution >= 0.6 is 12.2 Å². The van der Waals surface area contributed by atoms with Gasteiger partial charge in [-0.2, -0.15) is 0 Å². The monoisotopic (exact) mass is 478 g/mol. The number of rotatable bonds is 7. The maximum atomic E-state index is 12.4. The first-order valence-corrected chi connectivity index (χ1v) is 13.1. The molecule has 174 valence electrons. The van der Waals surface area contributed by atoms with Gasteiger partial charge in [-0.25, -0.2) is 13.1 Å². The van der Waals surface area contributed by atoms with E-state index < -0.39 is 9.84 Å². The Hall–Kier alpha value is -2.24. The Kier molecular flexibility index (Phi) is 6.68. The summed E-state index contributed by atoms with van der Waals surface area (Å²) < 4.78 is 27.5. The van der Waals surface area contributed by atoms with Gasteiger partial charge >= 0.3 is 0 Å². The van der Waals surface area contributed by atoms with Crippen molar-refractivity contribution < 1.29 is 13.2 Å².